The van der Waals surface area contributed by atoms with E-state index in [1.54, 1.807) is 7.11 Å². The highest BCUT2D eigenvalue weighted by molar-refractivity contribution is 5.27. The van der Waals surface area contributed by atoms with Gasteiger partial charge in [-0.2, -0.15) is 0 Å². The van der Waals surface area contributed by atoms with Crippen molar-refractivity contribution in [3.63, 3.8) is 0 Å². The van der Waals surface area contributed by atoms with Crippen LogP contribution in [0.3, 0.4) is 0 Å². The third-order valence-corrected chi connectivity index (χ3v) is 4.55. The van der Waals surface area contributed by atoms with Gasteiger partial charge in [-0.1, -0.05) is 12.1 Å². The van der Waals surface area contributed by atoms with Crippen LogP contribution in [0.1, 0.15) is 38.7 Å². The van der Waals surface area contributed by atoms with Crippen LogP contribution in [0.4, 0.5) is 0 Å². The molecule has 2 atom stereocenters. The van der Waals surface area contributed by atoms with Gasteiger partial charge in [0.25, 0.3) is 0 Å². The van der Waals surface area contributed by atoms with Crippen LogP contribution in [0, 0.1) is 5.92 Å². The lowest BCUT2D eigenvalue weighted by atomic mass is 9.92. The van der Waals surface area contributed by atoms with Crippen LogP contribution < -0.4 is 10.1 Å². The summed E-state index contributed by atoms with van der Waals surface area (Å²) >= 11 is 0. The van der Waals surface area contributed by atoms with Gasteiger partial charge in [-0.15, -0.1) is 0 Å². The third kappa shape index (κ3) is 5.33. The first-order chi connectivity index (χ1) is 10.2. The highest BCUT2D eigenvalue weighted by atomic mass is 16.5. The Morgan fingerprint density at radius 1 is 1.19 bits per heavy atom. The fourth-order valence-electron chi connectivity index (χ4n) is 3.06. The van der Waals surface area contributed by atoms with E-state index in [-0.39, 0.29) is 0 Å². The summed E-state index contributed by atoms with van der Waals surface area (Å²) in [5, 5.41) is 3.76. The topological polar surface area (TPSA) is 30.5 Å². The smallest absolute Gasteiger partial charge is 0.118 e. The first-order valence-electron chi connectivity index (χ1n) is 8.15. The van der Waals surface area contributed by atoms with E-state index in [9.17, 15) is 0 Å². The number of benzene rings is 1. The van der Waals surface area contributed by atoms with Gasteiger partial charge in [0.1, 0.15) is 5.75 Å². The minimum absolute atomic E-state index is 0.546. The Morgan fingerprint density at radius 3 is 2.48 bits per heavy atom. The van der Waals surface area contributed by atoms with Gasteiger partial charge < -0.3 is 14.8 Å². The van der Waals surface area contributed by atoms with Crippen molar-refractivity contribution >= 4 is 0 Å². The fraction of sp³-hybridized carbons (Fsp3) is 0.667. The first kappa shape index (κ1) is 16.3. The van der Waals surface area contributed by atoms with Gasteiger partial charge in [-0.25, -0.2) is 0 Å². The third-order valence-electron chi connectivity index (χ3n) is 4.55. The van der Waals surface area contributed by atoms with Crippen molar-refractivity contribution in [1.29, 1.82) is 0 Å². The van der Waals surface area contributed by atoms with Crippen molar-refractivity contribution in [1.82, 2.24) is 5.32 Å². The Morgan fingerprint density at radius 2 is 1.86 bits per heavy atom. The molecule has 118 valence electrons. The van der Waals surface area contributed by atoms with Crippen LogP contribution in [0.25, 0.3) is 0 Å². The predicted molar refractivity (Wildman–Crippen MR) is 86.9 cm³/mol. The molecular formula is C18H29NO2. The van der Waals surface area contributed by atoms with Gasteiger partial charge >= 0.3 is 0 Å². The standard InChI is InChI=1S/C18H29NO2/c1-14(19-15(2)17-10-12-21-13-11-17)4-5-16-6-8-18(20-3)9-7-16/h6-9,14-15,17,19H,4-5,10-13H2,1-3H3. The summed E-state index contributed by atoms with van der Waals surface area (Å²) in [5.74, 6) is 1.69. The van der Waals surface area contributed by atoms with Crippen LogP contribution in [0.5, 0.6) is 5.75 Å². The molecule has 0 saturated carbocycles. The summed E-state index contributed by atoms with van der Waals surface area (Å²) in [6, 6.07) is 9.53. The molecule has 0 bridgehead atoms. The van der Waals surface area contributed by atoms with E-state index < -0.39 is 0 Å². The lowest BCUT2D eigenvalue weighted by Gasteiger charge is -2.30. The Hall–Kier alpha value is -1.06. The van der Waals surface area contributed by atoms with E-state index in [0.29, 0.717) is 12.1 Å². The van der Waals surface area contributed by atoms with Gasteiger partial charge in [0.05, 0.1) is 7.11 Å². The van der Waals surface area contributed by atoms with Gasteiger partial charge in [0.15, 0.2) is 0 Å². The van der Waals surface area contributed by atoms with Crippen LogP contribution >= 0.6 is 0 Å². The molecule has 1 saturated heterocycles. The van der Waals surface area contributed by atoms with Crippen molar-refractivity contribution in [2.45, 2.75) is 51.6 Å². The zero-order valence-electron chi connectivity index (χ0n) is 13.6. The maximum absolute atomic E-state index is 5.44. The molecule has 21 heavy (non-hydrogen) atoms. The van der Waals surface area contributed by atoms with Crippen molar-refractivity contribution in [3.05, 3.63) is 29.8 Å². The van der Waals surface area contributed by atoms with Crippen molar-refractivity contribution in [3.8, 4) is 5.75 Å². The number of rotatable bonds is 7. The molecule has 0 radical (unpaired) electrons. The second-order valence-corrected chi connectivity index (χ2v) is 6.19. The molecule has 1 aliphatic rings. The number of methoxy groups -OCH3 is 1. The number of hydrogen-bond acceptors (Lipinski definition) is 3. The van der Waals surface area contributed by atoms with Gasteiger partial charge in [-0.3, -0.25) is 0 Å². The largest absolute Gasteiger partial charge is 0.497 e. The minimum Gasteiger partial charge on any atom is -0.497 e. The maximum atomic E-state index is 5.44. The van der Waals surface area contributed by atoms with E-state index in [1.165, 1.54) is 24.8 Å². The van der Waals surface area contributed by atoms with Crippen LogP contribution in [-0.4, -0.2) is 32.4 Å². The Balaban J connectivity index is 1.71. The van der Waals surface area contributed by atoms with Gasteiger partial charge in [0.2, 0.25) is 0 Å². The van der Waals surface area contributed by atoms with E-state index in [1.807, 2.05) is 12.1 Å². The minimum atomic E-state index is 0.546. The molecule has 0 aromatic heterocycles. The summed E-state index contributed by atoms with van der Waals surface area (Å²) < 4.78 is 10.6. The normalized spacial score (nSPS) is 19.2. The molecule has 1 N–H and O–H groups in total. The summed E-state index contributed by atoms with van der Waals surface area (Å²) in [6.45, 7) is 6.47. The van der Waals surface area contributed by atoms with Crippen LogP contribution in [0.15, 0.2) is 24.3 Å². The molecule has 0 amide bonds. The molecule has 1 heterocycles. The quantitative estimate of drug-likeness (QED) is 0.835. The lowest BCUT2D eigenvalue weighted by molar-refractivity contribution is 0.0545. The molecule has 1 aromatic carbocycles. The molecule has 1 aromatic rings. The highest BCUT2D eigenvalue weighted by Gasteiger charge is 2.21. The molecule has 1 aliphatic heterocycles. The highest BCUT2D eigenvalue weighted by Crippen LogP contribution is 2.19. The second-order valence-electron chi connectivity index (χ2n) is 6.19. The number of aryl methyl sites for hydroxylation is 1. The Bertz CT molecular complexity index is 398. The summed E-state index contributed by atoms with van der Waals surface area (Å²) in [6.07, 6.45) is 4.66. The van der Waals surface area contributed by atoms with E-state index in [4.69, 9.17) is 9.47 Å². The lowest BCUT2D eigenvalue weighted by Crippen LogP contribution is -2.41. The van der Waals surface area contributed by atoms with Gasteiger partial charge in [-0.05, 0) is 63.1 Å². The SMILES string of the molecule is COc1ccc(CCC(C)NC(C)C2CCOCC2)cc1. The number of hydrogen-bond donors (Lipinski definition) is 1. The van der Waals surface area contributed by atoms with Crippen LogP contribution in [0.2, 0.25) is 0 Å². The molecule has 0 aliphatic carbocycles. The Kier molecular flexibility index (Phi) is 6.52. The average molecular weight is 291 g/mol. The molecule has 2 rings (SSSR count). The van der Waals surface area contributed by atoms with Crippen molar-refractivity contribution in [2.24, 2.45) is 5.92 Å². The summed E-state index contributed by atoms with van der Waals surface area (Å²) in [5.41, 5.74) is 1.38. The zero-order valence-corrected chi connectivity index (χ0v) is 13.6. The van der Waals surface area contributed by atoms with E-state index in [0.717, 1.165) is 31.3 Å². The van der Waals surface area contributed by atoms with Gasteiger partial charge in [0, 0.05) is 25.3 Å². The number of ether oxygens (including phenoxy) is 2. The van der Waals surface area contributed by atoms with E-state index >= 15 is 0 Å². The monoisotopic (exact) mass is 291 g/mol. The molecule has 3 nitrogen and oxygen atoms in total. The molecule has 0 spiro atoms. The summed E-state index contributed by atoms with van der Waals surface area (Å²) in [7, 11) is 1.71. The number of nitrogens with one attached hydrogen (secondary N) is 1. The molecule has 2 unspecified atom stereocenters. The Labute approximate surface area is 129 Å². The van der Waals surface area contributed by atoms with Crippen molar-refractivity contribution < 1.29 is 9.47 Å². The van der Waals surface area contributed by atoms with Crippen molar-refractivity contribution in [2.75, 3.05) is 20.3 Å². The molecule has 1 fully saturated rings. The average Bonchev–Trinajstić information content (AvgIpc) is 2.54. The zero-order chi connectivity index (χ0) is 15.1. The van der Waals surface area contributed by atoms with E-state index in [2.05, 4.69) is 31.3 Å². The predicted octanol–water partition coefficient (Wildman–Crippen LogP) is 3.42. The fourth-order valence-corrected chi connectivity index (χ4v) is 3.06. The molecule has 3 heteroatoms. The summed E-state index contributed by atoms with van der Waals surface area (Å²) in [4.78, 5) is 0. The molecular weight excluding hydrogens is 262 g/mol. The second kappa shape index (κ2) is 8.40. The van der Waals surface area contributed by atoms with Crippen LogP contribution in [-0.2, 0) is 11.2 Å². The maximum Gasteiger partial charge on any atom is 0.118 e. The first-order valence-corrected chi connectivity index (χ1v) is 8.15.